The van der Waals surface area contributed by atoms with Crippen LogP contribution in [0.5, 0.6) is 0 Å². The zero-order chi connectivity index (χ0) is 15.2. The zero-order valence-corrected chi connectivity index (χ0v) is 14.6. The van der Waals surface area contributed by atoms with Gasteiger partial charge in [0.25, 0.3) is 0 Å². The molecule has 6 heteroatoms. The van der Waals surface area contributed by atoms with Crippen molar-refractivity contribution in [3.63, 3.8) is 0 Å². The molecule has 22 heavy (non-hydrogen) atoms. The van der Waals surface area contributed by atoms with Crippen molar-refractivity contribution in [1.29, 1.82) is 0 Å². The largest absolute Gasteiger partial charge is 0.353 e. The van der Waals surface area contributed by atoms with Gasteiger partial charge in [-0.3, -0.25) is 9.59 Å². The summed E-state index contributed by atoms with van der Waals surface area (Å²) in [7, 11) is 0. The Hall–Kier alpha value is -0.810. The molecule has 1 heterocycles. The Morgan fingerprint density at radius 3 is 2.59 bits per heavy atom. The smallest absolute Gasteiger partial charge is 0.224 e. The van der Waals surface area contributed by atoms with Crippen LogP contribution in [0.2, 0.25) is 0 Å². The SMILES string of the molecule is CC(CC(=O)N1CCNC[C@H]1C)NC(=O)C1CCCCC1.Cl. The summed E-state index contributed by atoms with van der Waals surface area (Å²) in [5, 5.41) is 6.32. The molecule has 1 saturated heterocycles. The van der Waals surface area contributed by atoms with Crippen molar-refractivity contribution < 1.29 is 9.59 Å². The number of rotatable bonds is 4. The third-order valence-corrected chi connectivity index (χ3v) is 4.67. The molecule has 0 aromatic heterocycles. The van der Waals surface area contributed by atoms with Gasteiger partial charge in [-0.15, -0.1) is 12.4 Å². The molecule has 1 saturated carbocycles. The highest BCUT2D eigenvalue weighted by molar-refractivity contribution is 5.85. The molecule has 128 valence electrons. The number of nitrogens with zero attached hydrogens (tertiary/aromatic N) is 1. The van der Waals surface area contributed by atoms with Gasteiger partial charge >= 0.3 is 0 Å². The van der Waals surface area contributed by atoms with E-state index in [2.05, 4.69) is 17.6 Å². The molecule has 2 fully saturated rings. The van der Waals surface area contributed by atoms with Gasteiger partial charge in [0.15, 0.2) is 0 Å². The van der Waals surface area contributed by atoms with Crippen LogP contribution in [0.3, 0.4) is 0 Å². The summed E-state index contributed by atoms with van der Waals surface area (Å²) in [6.45, 7) is 6.48. The maximum atomic E-state index is 12.3. The standard InChI is InChI=1S/C16H29N3O2.ClH/c1-12(18-16(21)14-6-4-3-5-7-14)10-15(20)19-9-8-17-11-13(19)2;/h12-14,17H,3-11H2,1-2H3,(H,18,21);1H/t12?,13-;/m1./s1. The Labute approximate surface area is 140 Å². The van der Waals surface area contributed by atoms with Crippen molar-refractivity contribution in [2.24, 2.45) is 5.92 Å². The van der Waals surface area contributed by atoms with E-state index in [-0.39, 0.29) is 42.2 Å². The average molecular weight is 332 g/mol. The van der Waals surface area contributed by atoms with Gasteiger partial charge in [0.1, 0.15) is 0 Å². The van der Waals surface area contributed by atoms with E-state index in [1.807, 2.05) is 11.8 Å². The number of amides is 2. The lowest BCUT2D eigenvalue weighted by molar-refractivity contribution is -0.134. The first-order chi connectivity index (χ1) is 10.1. The van der Waals surface area contributed by atoms with Crippen molar-refractivity contribution in [2.45, 2.75) is 64.5 Å². The molecular formula is C16H30ClN3O2. The average Bonchev–Trinajstić information content (AvgIpc) is 2.48. The fourth-order valence-electron chi connectivity index (χ4n) is 3.37. The number of carbonyl (C=O) groups is 2. The van der Waals surface area contributed by atoms with Crippen molar-refractivity contribution in [3.8, 4) is 0 Å². The summed E-state index contributed by atoms with van der Waals surface area (Å²) in [5.74, 6) is 0.457. The van der Waals surface area contributed by atoms with E-state index in [1.165, 1.54) is 6.42 Å². The highest BCUT2D eigenvalue weighted by atomic mass is 35.5. The van der Waals surface area contributed by atoms with E-state index in [0.29, 0.717) is 6.42 Å². The van der Waals surface area contributed by atoms with Crippen LogP contribution in [0.15, 0.2) is 0 Å². The Kier molecular flexibility index (Phi) is 8.18. The van der Waals surface area contributed by atoms with Gasteiger partial charge in [-0.2, -0.15) is 0 Å². The van der Waals surface area contributed by atoms with E-state index < -0.39 is 0 Å². The van der Waals surface area contributed by atoms with Crippen LogP contribution >= 0.6 is 12.4 Å². The second-order valence-electron chi connectivity index (χ2n) is 6.59. The lowest BCUT2D eigenvalue weighted by atomic mass is 9.88. The molecule has 2 aliphatic rings. The number of piperazine rings is 1. The molecule has 0 bridgehead atoms. The van der Waals surface area contributed by atoms with Crippen molar-refractivity contribution in [3.05, 3.63) is 0 Å². The second kappa shape index (κ2) is 9.36. The summed E-state index contributed by atoms with van der Waals surface area (Å²) >= 11 is 0. The molecule has 1 aliphatic heterocycles. The van der Waals surface area contributed by atoms with Gasteiger partial charge < -0.3 is 15.5 Å². The second-order valence-corrected chi connectivity index (χ2v) is 6.59. The fraction of sp³-hybridized carbons (Fsp3) is 0.875. The van der Waals surface area contributed by atoms with Gasteiger partial charge in [-0.25, -0.2) is 0 Å². The molecule has 2 N–H and O–H groups in total. The van der Waals surface area contributed by atoms with Crippen molar-refractivity contribution in [1.82, 2.24) is 15.5 Å². The number of carbonyl (C=O) groups excluding carboxylic acids is 2. The van der Waals surface area contributed by atoms with Gasteiger partial charge in [-0.05, 0) is 26.7 Å². The topological polar surface area (TPSA) is 61.4 Å². The first-order valence-electron chi connectivity index (χ1n) is 8.38. The van der Waals surface area contributed by atoms with Crippen LogP contribution in [0.4, 0.5) is 0 Å². The molecule has 0 aromatic rings. The predicted molar refractivity (Wildman–Crippen MR) is 90.1 cm³/mol. The van der Waals surface area contributed by atoms with Crippen LogP contribution in [0.25, 0.3) is 0 Å². The minimum absolute atomic E-state index is 0. The molecule has 1 aliphatic carbocycles. The van der Waals surface area contributed by atoms with Crippen LogP contribution in [-0.2, 0) is 9.59 Å². The van der Waals surface area contributed by atoms with Crippen LogP contribution < -0.4 is 10.6 Å². The molecule has 2 rings (SSSR count). The number of hydrogen-bond acceptors (Lipinski definition) is 3. The highest BCUT2D eigenvalue weighted by Crippen LogP contribution is 2.23. The van der Waals surface area contributed by atoms with E-state index in [4.69, 9.17) is 0 Å². The summed E-state index contributed by atoms with van der Waals surface area (Å²) in [6, 6.07) is 0.168. The zero-order valence-electron chi connectivity index (χ0n) is 13.8. The summed E-state index contributed by atoms with van der Waals surface area (Å²) in [4.78, 5) is 26.4. The minimum atomic E-state index is -0.0750. The van der Waals surface area contributed by atoms with E-state index in [0.717, 1.165) is 45.3 Å². The number of halogens is 1. The van der Waals surface area contributed by atoms with Crippen molar-refractivity contribution in [2.75, 3.05) is 19.6 Å². The molecule has 0 radical (unpaired) electrons. The fourth-order valence-corrected chi connectivity index (χ4v) is 3.37. The Morgan fingerprint density at radius 1 is 1.27 bits per heavy atom. The predicted octanol–water partition coefficient (Wildman–Crippen LogP) is 1.70. The van der Waals surface area contributed by atoms with Crippen molar-refractivity contribution >= 4 is 24.2 Å². The van der Waals surface area contributed by atoms with Gasteiger partial charge in [-0.1, -0.05) is 19.3 Å². The van der Waals surface area contributed by atoms with Gasteiger partial charge in [0, 0.05) is 44.1 Å². The highest BCUT2D eigenvalue weighted by Gasteiger charge is 2.26. The van der Waals surface area contributed by atoms with Crippen LogP contribution in [-0.4, -0.2) is 48.4 Å². The summed E-state index contributed by atoms with van der Waals surface area (Å²) in [6.07, 6.45) is 5.97. The lowest BCUT2D eigenvalue weighted by Crippen LogP contribution is -2.53. The van der Waals surface area contributed by atoms with Crippen LogP contribution in [0, 0.1) is 5.92 Å². The van der Waals surface area contributed by atoms with E-state index in [9.17, 15) is 9.59 Å². The van der Waals surface area contributed by atoms with E-state index in [1.54, 1.807) is 0 Å². The first-order valence-corrected chi connectivity index (χ1v) is 8.38. The number of hydrogen-bond donors (Lipinski definition) is 2. The van der Waals surface area contributed by atoms with Gasteiger partial charge in [0.2, 0.25) is 11.8 Å². The normalized spacial score (nSPS) is 24.3. The number of nitrogens with one attached hydrogen (secondary N) is 2. The molecule has 1 unspecified atom stereocenters. The molecular weight excluding hydrogens is 302 g/mol. The summed E-state index contributed by atoms with van der Waals surface area (Å²) in [5.41, 5.74) is 0. The maximum absolute atomic E-state index is 12.3. The summed E-state index contributed by atoms with van der Waals surface area (Å²) < 4.78 is 0. The Bertz CT molecular complexity index is 372. The lowest BCUT2D eigenvalue weighted by Gasteiger charge is -2.34. The third-order valence-electron chi connectivity index (χ3n) is 4.67. The minimum Gasteiger partial charge on any atom is -0.353 e. The Balaban J connectivity index is 0.00000242. The van der Waals surface area contributed by atoms with E-state index >= 15 is 0 Å². The molecule has 5 nitrogen and oxygen atoms in total. The quantitative estimate of drug-likeness (QED) is 0.824. The first kappa shape index (κ1) is 19.2. The monoisotopic (exact) mass is 331 g/mol. The molecule has 0 spiro atoms. The molecule has 0 aromatic carbocycles. The Morgan fingerprint density at radius 2 is 1.95 bits per heavy atom. The third kappa shape index (κ3) is 5.43. The van der Waals surface area contributed by atoms with Crippen LogP contribution in [0.1, 0.15) is 52.4 Å². The van der Waals surface area contributed by atoms with Gasteiger partial charge in [0.05, 0.1) is 0 Å². The maximum Gasteiger partial charge on any atom is 0.224 e. The molecule has 2 amide bonds. The molecule has 2 atom stereocenters.